The van der Waals surface area contributed by atoms with Crippen molar-refractivity contribution in [3.05, 3.63) is 36.3 Å². The largest absolute Gasteiger partial charge is 0.460 e. The maximum atomic E-state index is 5.28. The molecule has 0 atom stereocenters. The van der Waals surface area contributed by atoms with Crippen molar-refractivity contribution in [2.45, 2.75) is 6.92 Å². The SMILES string of the molecule is Cc1ccc(/C=N/n2cnnc2)o1. The van der Waals surface area contributed by atoms with Gasteiger partial charge in [0, 0.05) is 0 Å². The summed E-state index contributed by atoms with van der Waals surface area (Å²) < 4.78 is 6.78. The molecule has 0 aromatic carbocycles. The number of aryl methyl sites for hydroxylation is 1. The lowest BCUT2D eigenvalue weighted by Gasteiger charge is -1.86. The predicted molar refractivity (Wildman–Crippen MR) is 46.5 cm³/mol. The molecule has 0 saturated carbocycles. The van der Waals surface area contributed by atoms with Gasteiger partial charge in [0.2, 0.25) is 0 Å². The average molecular weight is 176 g/mol. The van der Waals surface area contributed by atoms with Crippen LogP contribution in [0, 0.1) is 6.92 Å². The van der Waals surface area contributed by atoms with Crippen LogP contribution in [0.25, 0.3) is 0 Å². The van der Waals surface area contributed by atoms with Crippen molar-refractivity contribution in [2.75, 3.05) is 0 Å². The summed E-state index contributed by atoms with van der Waals surface area (Å²) in [5.41, 5.74) is 0. The van der Waals surface area contributed by atoms with E-state index < -0.39 is 0 Å². The van der Waals surface area contributed by atoms with Crippen molar-refractivity contribution >= 4 is 6.21 Å². The van der Waals surface area contributed by atoms with E-state index in [-0.39, 0.29) is 0 Å². The number of nitrogens with zero attached hydrogens (tertiary/aromatic N) is 4. The van der Waals surface area contributed by atoms with Crippen LogP contribution >= 0.6 is 0 Å². The Bertz CT molecular complexity index is 401. The second kappa shape index (κ2) is 3.22. The Hall–Kier alpha value is -1.91. The van der Waals surface area contributed by atoms with Gasteiger partial charge in [-0.05, 0) is 19.1 Å². The Morgan fingerprint density at radius 3 is 2.77 bits per heavy atom. The quantitative estimate of drug-likeness (QED) is 0.643. The van der Waals surface area contributed by atoms with Gasteiger partial charge in [-0.15, -0.1) is 10.2 Å². The summed E-state index contributed by atoms with van der Waals surface area (Å²) in [5, 5.41) is 11.2. The molecule has 2 rings (SSSR count). The minimum Gasteiger partial charge on any atom is -0.460 e. The molecule has 2 aromatic rings. The Balaban J connectivity index is 2.14. The van der Waals surface area contributed by atoms with Gasteiger partial charge in [0.15, 0.2) is 0 Å². The van der Waals surface area contributed by atoms with Gasteiger partial charge < -0.3 is 4.42 Å². The van der Waals surface area contributed by atoms with Crippen molar-refractivity contribution in [3.63, 3.8) is 0 Å². The van der Waals surface area contributed by atoms with Gasteiger partial charge in [-0.1, -0.05) is 0 Å². The first-order valence-corrected chi connectivity index (χ1v) is 3.80. The highest BCUT2D eigenvalue weighted by Crippen LogP contribution is 2.02. The summed E-state index contributed by atoms with van der Waals surface area (Å²) in [6.45, 7) is 1.89. The smallest absolute Gasteiger partial charge is 0.147 e. The minimum absolute atomic E-state index is 0.714. The lowest BCUT2D eigenvalue weighted by atomic mass is 10.4. The molecule has 0 aliphatic carbocycles. The van der Waals surface area contributed by atoms with E-state index in [1.54, 1.807) is 6.21 Å². The molecule has 13 heavy (non-hydrogen) atoms. The van der Waals surface area contributed by atoms with E-state index in [2.05, 4.69) is 15.3 Å². The Morgan fingerprint density at radius 1 is 1.38 bits per heavy atom. The molecule has 66 valence electrons. The highest BCUT2D eigenvalue weighted by Gasteiger charge is 1.93. The van der Waals surface area contributed by atoms with Crippen LogP contribution in [0.2, 0.25) is 0 Å². The van der Waals surface area contributed by atoms with Crippen LogP contribution < -0.4 is 0 Å². The molecule has 0 spiro atoms. The zero-order valence-electron chi connectivity index (χ0n) is 7.08. The lowest BCUT2D eigenvalue weighted by molar-refractivity contribution is 0.527. The van der Waals surface area contributed by atoms with E-state index in [1.165, 1.54) is 17.3 Å². The Kier molecular flexibility index (Phi) is 1.91. The molecule has 0 saturated heterocycles. The summed E-state index contributed by atoms with van der Waals surface area (Å²) in [6.07, 6.45) is 4.62. The monoisotopic (exact) mass is 176 g/mol. The number of aromatic nitrogens is 3. The molecule has 5 heteroatoms. The second-order valence-corrected chi connectivity index (χ2v) is 2.53. The van der Waals surface area contributed by atoms with Crippen LogP contribution in [0.3, 0.4) is 0 Å². The maximum Gasteiger partial charge on any atom is 0.147 e. The topological polar surface area (TPSA) is 56.2 Å². The number of hydrogen-bond donors (Lipinski definition) is 0. The van der Waals surface area contributed by atoms with Gasteiger partial charge in [0.1, 0.15) is 24.2 Å². The van der Waals surface area contributed by atoms with Gasteiger partial charge in [-0.3, -0.25) is 0 Å². The molecule has 0 aliphatic rings. The van der Waals surface area contributed by atoms with Crippen LogP contribution in [-0.2, 0) is 0 Å². The molecule has 0 aliphatic heterocycles. The second-order valence-electron chi connectivity index (χ2n) is 2.53. The standard InChI is InChI=1S/C8H8N4O/c1-7-2-3-8(13-7)4-11-12-5-9-10-6-12/h2-6H,1H3/b11-4+. The lowest BCUT2D eigenvalue weighted by Crippen LogP contribution is -1.84. The fourth-order valence-electron chi connectivity index (χ4n) is 0.901. The van der Waals surface area contributed by atoms with Gasteiger partial charge in [0.25, 0.3) is 0 Å². The fraction of sp³-hybridized carbons (Fsp3) is 0.125. The zero-order valence-corrected chi connectivity index (χ0v) is 7.08. The van der Waals surface area contributed by atoms with Gasteiger partial charge in [-0.25, -0.2) is 4.68 Å². The first kappa shape index (κ1) is 7.72. The summed E-state index contributed by atoms with van der Waals surface area (Å²) in [4.78, 5) is 0. The Morgan fingerprint density at radius 2 is 2.15 bits per heavy atom. The van der Waals surface area contributed by atoms with Crippen LogP contribution in [-0.4, -0.2) is 21.1 Å². The van der Waals surface area contributed by atoms with Gasteiger partial charge in [-0.2, -0.15) is 5.10 Å². The van der Waals surface area contributed by atoms with Crippen molar-refractivity contribution < 1.29 is 4.42 Å². The van der Waals surface area contributed by atoms with Crippen molar-refractivity contribution in [1.82, 2.24) is 14.9 Å². The third-order valence-corrected chi connectivity index (χ3v) is 1.49. The molecule has 0 N–H and O–H groups in total. The van der Waals surface area contributed by atoms with Crippen LogP contribution in [0.5, 0.6) is 0 Å². The molecular formula is C8H8N4O. The van der Waals surface area contributed by atoms with Crippen molar-refractivity contribution in [3.8, 4) is 0 Å². The molecule has 2 aromatic heterocycles. The molecule has 0 amide bonds. The highest BCUT2D eigenvalue weighted by molar-refractivity contribution is 5.75. The summed E-state index contributed by atoms with van der Waals surface area (Å²) >= 11 is 0. The van der Waals surface area contributed by atoms with E-state index in [4.69, 9.17) is 4.42 Å². The molecule has 2 heterocycles. The van der Waals surface area contributed by atoms with E-state index in [9.17, 15) is 0 Å². The van der Waals surface area contributed by atoms with Crippen LogP contribution in [0.15, 0.2) is 34.3 Å². The van der Waals surface area contributed by atoms with Gasteiger partial charge >= 0.3 is 0 Å². The summed E-state index contributed by atoms with van der Waals surface area (Å²) in [6, 6.07) is 3.73. The fourth-order valence-corrected chi connectivity index (χ4v) is 0.901. The zero-order chi connectivity index (χ0) is 9.10. The van der Waals surface area contributed by atoms with Gasteiger partial charge in [0.05, 0.1) is 6.21 Å². The van der Waals surface area contributed by atoms with Crippen LogP contribution in [0.4, 0.5) is 0 Å². The predicted octanol–water partition coefficient (Wildman–Crippen LogP) is 1.06. The first-order valence-electron chi connectivity index (χ1n) is 3.80. The highest BCUT2D eigenvalue weighted by atomic mass is 16.3. The van der Waals surface area contributed by atoms with Crippen molar-refractivity contribution in [2.24, 2.45) is 5.10 Å². The average Bonchev–Trinajstić information content (AvgIpc) is 2.71. The molecule has 0 fully saturated rings. The minimum atomic E-state index is 0.714. The normalized spacial score (nSPS) is 11.2. The number of furan rings is 1. The molecule has 0 radical (unpaired) electrons. The molecule has 5 nitrogen and oxygen atoms in total. The summed E-state index contributed by atoms with van der Waals surface area (Å²) in [7, 11) is 0. The molecular weight excluding hydrogens is 168 g/mol. The van der Waals surface area contributed by atoms with Crippen LogP contribution in [0.1, 0.15) is 11.5 Å². The molecule has 0 unspecified atom stereocenters. The third-order valence-electron chi connectivity index (χ3n) is 1.49. The summed E-state index contributed by atoms with van der Waals surface area (Å²) in [5.74, 6) is 1.58. The van der Waals surface area contributed by atoms with E-state index >= 15 is 0 Å². The van der Waals surface area contributed by atoms with E-state index in [0.717, 1.165) is 5.76 Å². The maximum absolute atomic E-state index is 5.28. The number of hydrogen-bond acceptors (Lipinski definition) is 4. The van der Waals surface area contributed by atoms with Crippen molar-refractivity contribution in [1.29, 1.82) is 0 Å². The number of rotatable bonds is 2. The van der Waals surface area contributed by atoms with E-state index in [1.807, 2.05) is 19.1 Å². The Labute approximate surface area is 74.7 Å². The molecule has 0 bridgehead atoms. The van der Waals surface area contributed by atoms with E-state index in [0.29, 0.717) is 5.76 Å². The third kappa shape index (κ3) is 1.81. The first-order chi connectivity index (χ1) is 6.34.